The van der Waals surface area contributed by atoms with Gasteiger partial charge < -0.3 is 9.64 Å². The monoisotopic (exact) mass is 521 g/mol. The molecule has 1 atom stereocenters. The molecule has 3 aromatic rings. The average Bonchev–Trinajstić information content (AvgIpc) is 2.88. The minimum absolute atomic E-state index is 0.00583. The fourth-order valence-corrected chi connectivity index (χ4v) is 5.71. The zero-order valence-electron chi connectivity index (χ0n) is 18.7. The minimum Gasteiger partial charge on any atom is -0.489 e. The number of anilines is 1. The molecule has 1 amide bonds. The first kappa shape index (κ1) is 23.6. The molecule has 0 aromatic heterocycles. The van der Waals surface area contributed by atoms with Crippen molar-refractivity contribution in [3.8, 4) is 11.8 Å². The summed E-state index contributed by atoms with van der Waals surface area (Å²) < 4.78 is 5.88. The van der Waals surface area contributed by atoms with Crippen LogP contribution in [0.15, 0.2) is 83.4 Å². The number of ether oxygens (including phenoxy) is 1. The molecule has 1 fully saturated rings. The van der Waals surface area contributed by atoms with Crippen LogP contribution in [0.5, 0.6) is 5.75 Å². The number of carbonyl (C=O) groups excluding carboxylic acids is 1. The van der Waals surface area contributed by atoms with Crippen molar-refractivity contribution in [2.24, 2.45) is 0 Å². The second-order valence-corrected chi connectivity index (χ2v) is 10.1. The first-order chi connectivity index (χ1) is 17.0. The molecular weight excluding hydrogens is 501 g/mol. The van der Waals surface area contributed by atoms with Crippen molar-refractivity contribution in [2.45, 2.75) is 18.9 Å². The molecule has 0 unspecified atom stereocenters. The first-order valence-electron chi connectivity index (χ1n) is 11.1. The lowest BCUT2D eigenvalue weighted by Gasteiger charge is -2.42. The second-order valence-electron chi connectivity index (χ2n) is 8.33. The number of carbonyl (C=O) groups is 1. The zero-order valence-corrected chi connectivity index (χ0v) is 21.0. The molecule has 5 nitrogen and oxygen atoms in total. The van der Waals surface area contributed by atoms with Gasteiger partial charge in [0.1, 0.15) is 12.4 Å². The van der Waals surface area contributed by atoms with Gasteiger partial charge in [0.25, 0.3) is 0 Å². The fraction of sp³-hybridized carbons (Fsp3) is 0.185. The first-order valence-corrected chi connectivity index (χ1v) is 12.8. The molecule has 0 spiro atoms. The number of hydrogen-bond donors (Lipinski definition) is 0. The van der Waals surface area contributed by atoms with Crippen LogP contribution in [0.3, 0.4) is 0 Å². The van der Waals surface area contributed by atoms with Gasteiger partial charge in [-0.2, -0.15) is 5.26 Å². The van der Waals surface area contributed by atoms with Crippen molar-refractivity contribution < 1.29 is 9.53 Å². The quantitative estimate of drug-likeness (QED) is 0.369. The highest BCUT2D eigenvalue weighted by Gasteiger charge is 2.38. The Kier molecular flexibility index (Phi) is 6.92. The van der Waals surface area contributed by atoms with E-state index < -0.39 is 0 Å². The molecule has 1 saturated heterocycles. The van der Waals surface area contributed by atoms with Crippen LogP contribution in [0.1, 0.15) is 23.5 Å². The number of nitriles is 1. The van der Waals surface area contributed by atoms with Gasteiger partial charge in [-0.1, -0.05) is 65.3 Å². The Bertz CT molecular complexity index is 1320. The Hall–Kier alpha value is -3.11. The molecule has 176 valence electrons. The number of nitrogens with zero attached hydrogens (tertiary/aromatic N) is 3. The smallest absolute Gasteiger partial charge is 0.229 e. The van der Waals surface area contributed by atoms with Gasteiger partial charge in [0.2, 0.25) is 5.91 Å². The molecule has 3 aromatic carbocycles. The highest BCUT2D eigenvalue weighted by molar-refractivity contribution is 8.03. The summed E-state index contributed by atoms with van der Waals surface area (Å²) >= 11 is 13.6. The average molecular weight is 522 g/mol. The molecular formula is C27H21Cl2N3O2S. The summed E-state index contributed by atoms with van der Waals surface area (Å²) in [5.41, 5.74) is 3.54. The van der Waals surface area contributed by atoms with Gasteiger partial charge in [-0.3, -0.25) is 9.69 Å². The molecule has 0 N–H and O–H groups in total. The molecule has 0 aliphatic carbocycles. The van der Waals surface area contributed by atoms with Crippen molar-refractivity contribution in [3.05, 3.63) is 105 Å². The van der Waals surface area contributed by atoms with E-state index in [1.807, 2.05) is 72.8 Å². The number of hydrogen-bond acceptors (Lipinski definition) is 5. The predicted molar refractivity (Wildman–Crippen MR) is 140 cm³/mol. The van der Waals surface area contributed by atoms with Gasteiger partial charge in [0.05, 0.1) is 29.2 Å². The van der Waals surface area contributed by atoms with Crippen LogP contribution in [0.4, 0.5) is 5.69 Å². The van der Waals surface area contributed by atoms with E-state index in [4.69, 9.17) is 27.9 Å². The lowest BCUT2D eigenvalue weighted by molar-refractivity contribution is -0.129. The molecule has 0 bridgehead atoms. The van der Waals surface area contributed by atoms with Gasteiger partial charge in [-0.05, 0) is 53.6 Å². The molecule has 5 rings (SSSR count). The van der Waals surface area contributed by atoms with Crippen LogP contribution in [-0.2, 0) is 11.4 Å². The van der Waals surface area contributed by atoms with E-state index in [2.05, 4.69) is 11.0 Å². The zero-order chi connectivity index (χ0) is 24.4. The van der Waals surface area contributed by atoms with Gasteiger partial charge >= 0.3 is 0 Å². The van der Waals surface area contributed by atoms with Crippen LogP contribution in [0, 0.1) is 11.3 Å². The Balaban J connectivity index is 1.32. The summed E-state index contributed by atoms with van der Waals surface area (Å²) in [7, 11) is 0. The third-order valence-corrected chi connectivity index (χ3v) is 7.71. The van der Waals surface area contributed by atoms with Crippen molar-refractivity contribution in [3.63, 3.8) is 0 Å². The Labute approximate surface area is 218 Å². The van der Waals surface area contributed by atoms with Crippen LogP contribution < -0.4 is 9.64 Å². The van der Waals surface area contributed by atoms with Crippen LogP contribution in [-0.4, -0.2) is 23.4 Å². The molecule has 35 heavy (non-hydrogen) atoms. The SMILES string of the molecule is N#CC1=C2SCN(c3cccc(Cl)c3)CN2C(=O)C[C@H]1c1ccc(OCc2ccc(Cl)cc2)cc1. The molecule has 0 radical (unpaired) electrons. The van der Waals surface area contributed by atoms with Crippen molar-refractivity contribution in [1.29, 1.82) is 5.26 Å². The van der Waals surface area contributed by atoms with Crippen LogP contribution in [0.2, 0.25) is 10.0 Å². The van der Waals surface area contributed by atoms with Crippen LogP contribution in [0.25, 0.3) is 0 Å². The van der Waals surface area contributed by atoms with Gasteiger partial charge in [-0.25, -0.2) is 0 Å². The standard InChI is InChI=1S/C27H21Cl2N3O2S/c28-20-8-4-18(5-9-20)15-34-23-10-6-19(7-11-23)24-13-26(33)32-16-31(17-35-27(32)25(24)14-30)22-3-1-2-21(29)12-22/h1-12,24H,13,15-17H2/t24-/m0/s1. The van der Waals surface area contributed by atoms with E-state index in [0.29, 0.717) is 34.8 Å². The lowest BCUT2D eigenvalue weighted by Crippen LogP contribution is -2.47. The molecule has 2 heterocycles. The maximum absolute atomic E-state index is 13.1. The van der Waals surface area contributed by atoms with E-state index >= 15 is 0 Å². The summed E-state index contributed by atoms with van der Waals surface area (Å²) in [6.45, 7) is 0.831. The number of amides is 1. The molecule has 2 aliphatic rings. The predicted octanol–water partition coefficient (Wildman–Crippen LogP) is 6.79. The van der Waals surface area contributed by atoms with E-state index in [1.54, 1.807) is 4.90 Å². The summed E-state index contributed by atoms with van der Waals surface area (Å²) in [4.78, 5) is 16.9. The Morgan fingerprint density at radius 2 is 1.80 bits per heavy atom. The van der Waals surface area contributed by atoms with Crippen molar-refractivity contribution in [1.82, 2.24) is 4.90 Å². The van der Waals surface area contributed by atoms with Gasteiger partial charge in [0, 0.05) is 28.1 Å². The number of halogens is 2. The maximum atomic E-state index is 13.1. The van der Waals surface area contributed by atoms with E-state index in [-0.39, 0.29) is 18.2 Å². The van der Waals surface area contributed by atoms with Crippen LogP contribution >= 0.6 is 35.0 Å². The highest BCUT2D eigenvalue weighted by atomic mass is 35.5. The fourth-order valence-electron chi connectivity index (χ4n) is 4.23. The molecule has 0 saturated carbocycles. The highest BCUT2D eigenvalue weighted by Crippen LogP contribution is 2.43. The Morgan fingerprint density at radius 3 is 2.51 bits per heavy atom. The summed E-state index contributed by atoms with van der Waals surface area (Å²) in [5.74, 6) is 1.10. The Morgan fingerprint density at radius 1 is 1.03 bits per heavy atom. The number of fused-ring (bicyclic) bond motifs is 1. The van der Waals surface area contributed by atoms with Crippen molar-refractivity contribution in [2.75, 3.05) is 17.4 Å². The second kappa shape index (κ2) is 10.2. The maximum Gasteiger partial charge on any atom is 0.229 e. The number of rotatable bonds is 5. The van der Waals surface area contributed by atoms with E-state index in [9.17, 15) is 10.1 Å². The normalized spacial score (nSPS) is 17.7. The topological polar surface area (TPSA) is 56.6 Å². The van der Waals surface area contributed by atoms with Gasteiger partial charge in [-0.15, -0.1) is 0 Å². The number of allylic oxidation sites excluding steroid dienone is 1. The molecule has 8 heteroatoms. The lowest BCUT2D eigenvalue weighted by atomic mass is 9.86. The molecule has 2 aliphatic heterocycles. The summed E-state index contributed by atoms with van der Waals surface area (Å²) in [6, 6.07) is 25.1. The third-order valence-electron chi connectivity index (χ3n) is 6.07. The van der Waals surface area contributed by atoms with E-state index in [1.165, 1.54) is 11.8 Å². The largest absolute Gasteiger partial charge is 0.489 e. The van der Waals surface area contributed by atoms with E-state index in [0.717, 1.165) is 27.6 Å². The minimum atomic E-state index is -0.269. The summed E-state index contributed by atoms with van der Waals surface area (Å²) in [5, 5.41) is 12.1. The number of thioether (sulfide) groups is 1. The van der Waals surface area contributed by atoms with Crippen molar-refractivity contribution >= 4 is 46.6 Å². The number of benzene rings is 3. The third kappa shape index (κ3) is 5.13. The summed E-state index contributed by atoms with van der Waals surface area (Å²) in [6.07, 6.45) is 0.251. The van der Waals surface area contributed by atoms with Gasteiger partial charge in [0.15, 0.2) is 0 Å².